The van der Waals surface area contributed by atoms with Crippen LogP contribution in [0.1, 0.15) is 12.0 Å². The van der Waals surface area contributed by atoms with Crippen LogP contribution >= 0.6 is 11.3 Å². The molecule has 0 bridgehead atoms. The average molecular weight is 196 g/mol. The molecule has 0 amide bonds. The summed E-state index contributed by atoms with van der Waals surface area (Å²) in [6, 6.07) is 2.63. The first-order chi connectivity index (χ1) is 6.34. The third-order valence-corrected chi connectivity index (χ3v) is 3.34. The maximum absolute atomic E-state index is 5.83. The van der Waals surface area contributed by atoms with Gasteiger partial charge in [0.1, 0.15) is 0 Å². The van der Waals surface area contributed by atoms with Gasteiger partial charge in [0.05, 0.1) is 0 Å². The van der Waals surface area contributed by atoms with E-state index in [2.05, 4.69) is 21.7 Å². The third-order valence-electron chi connectivity index (χ3n) is 2.61. The largest absolute Gasteiger partial charge is 0.326 e. The Morgan fingerprint density at radius 1 is 1.62 bits per heavy atom. The SMILES string of the molecule is N[C@@H]1CCN(CCc2ccsc2)C1. The first-order valence-electron chi connectivity index (χ1n) is 4.83. The molecule has 1 aliphatic rings. The predicted molar refractivity (Wildman–Crippen MR) is 57.1 cm³/mol. The summed E-state index contributed by atoms with van der Waals surface area (Å²) in [7, 11) is 0. The van der Waals surface area contributed by atoms with E-state index in [1.807, 2.05) is 0 Å². The van der Waals surface area contributed by atoms with E-state index in [0.717, 1.165) is 6.54 Å². The maximum Gasteiger partial charge on any atom is 0.0180 e. The van der Waals surface area contributed by atoms with E-state index < -0.39 is 0 Å². The van der Waals surface area contributed by atoms with Gasteiger partial charge in [0.2, 0.25) is 0 Å². The second-order valence-corrected chi connectivity index (χ2v) is 4.51. The molecule has 2 N–H and O–H groups in total. The highest BCUT2D eigenvalue weighted by Gasteiger charge is 2.17. The Bertz CT molecular complexity index is 245. The molecule has 1 fully saturated rings. The molecule has 0 spiro atoms. The quantitative estimate of drug-likeness (QED) is 0.790. The van der Waals surface area contributed by atoms with Gasteiger partial charge in [-0.15, -0.1) is 0 Å². The van der Waals surface area contributed by atoms with Gasteiger partial charge in [-0.25, -0.2) is 0 Å². The number of nitrogens with zero attached hydrogens (tertiary/aromatic N) is 1. The zero-order valence-electron chi connectivity index (χ0n) is 7.78. The molecule has 0 saturated carbocycles. The number of likely N-dealkylation sites (tertiary alicyclic amines) is 1. The molecule has 13 heavy (non-hydrogen) atoms. The number of nitrogens with two attached hydrogens (primary N) is 1. The van der Waals surface area contributed by atoms with Crippen molar-refractivity contribution < 1.29 is 0 Å². The summed E-state index contributed by atoms with van der Waals surface area (Å²) < 4.78 is 0. The minimum atomic E-state index is 0.419. The molecule has 0 aromatic carbocycles. The molecule has 2 heterocycles. The van der Waals surface area contributed by atoms with Gasteiger partial charge in [0.15, 0.2) is 0 Å². The second-order valence-electron chi connectivity index (χ2n) is 3.73. The molecule has 1 saturated heterocycles. The van der Waals surface area contributed by atoms with E-state index in [0.29, 0.717) is 6.04 Å². The molecular weight excluding hydrogens is 180 g/mol. The van der Waals surface area contributed by atoms with Gasteiger partial charge in [-0.1, -0.05) is 0 Å². The Morgan fingerprint density at radius 3 is 3.15 bits per heavy atom. The summed E-state index contributed by atoms with van der Waals surface area (Å²) in [4.78, 5) is 2.46. The number of rotatable bonds is 3. The fourth-order valence-electron chi connectivity index (χ4n) is 1.79. The fourth-order valence-corrected chi connectivity index (χ4v) is 2.49. The first-order valence-corrected chi connectivity index (χ1v) is 5.78. The fraction of sp³-hybridized carbons (Fsp3) is 0.600. The van der Waals surface area contributed by atoms with Crippen molar-refractivity contribution in [1.82, 2.24) is 4.90 Å². The Kier molecular flexibility index (Phi) is 2.98. The normalized spacial score (nSPS) is 23.9. The number of thiophene rings is 1. The molecule has 0 unspecified atom stereocenters. The third kappa shape index (κ3) is 2.53. The van der Waals surface area contributed by atoms with Crippen molar-refractivity contribution in [3.63, 3.8) is 0 Å². The van der Waals surface area contributed by atoms with E-state index >= 15 is 0 Å². The zero-order valence-corrected chi connectivity index (χ0v) is 8.59. The van der Waals surface area contributed by atoms with Gasteiger partial charge in [-0.3, -0.25) is 0 Å². The van der Waals surface area contributed by atoms with Crippen LogP contribution in [-0.2, 0) is 6.42 Å². The summed E-state index contributed by atoms with van der Waals surface area (Å²) in [6.07, 6.45) is 2.35. The van der Waals surface area contributed by atoms with Crippen LogP contribution < -0.4 is 5.73 Å². The lowest BCUT2D eigenvalue weighted by atomic mass is 10.2. The Hall–Kier alpha value is -0.380. The van der Waals surface area contributed by atoms with Crippen LogP contribution in [0.15, 0.2) is 16.8 Å². The standard InChI is InChI=1S/C10H16N2S/c11-10-2-5-12(7-10)4-1-9-3-6-13-8-9/h3,6,8,10H,1-2,4-5,7,11H2/t10-/m1/s1. The second kappa shape index (κ2) is 4.22. The lowest BCUT2D eigenvalue weighted by molar-refractivity contribution is 0.339. The van der Waals surface area contributed by atoms with Crippen LogP contribution in [0, 0.1) is 0 Å². The minimum absolute atomic E-state index is 0.419. The number of hydrogen-bond donors (Lipinski definition) is 1. The predicted octanol–water partition coefficient (Wildman–Crippen LogP) is 1.32. The van der Waals surface area contributed by atoms with Crippen molar-refractivity contribution in [2.45, 2.75) is 18.9 Å². The maximum atomic E-state index is 5.83. The summed E-state index contributed by atoms with van der Waals surface area (Å²) in [5.41, 5.74) is 7.30. The van der Waals surface area contributed by atoms with Crippen molar-refractivity contribution in [1.29, 1.82) is 0 Å². The highest BCUT2D eigenvalue weighted by Crippen LogP contribution is 2.10. The van der Waals surface area contributed by atoms with Crippen LogP contribution in [0.3, 0.4) is 0 Å². The van der Waals surface area contributed by atoms with Gasteiger partial charge < -0.3 is 10.6 Å². The number of hydrogen-bond acceptors (Lipinski definition) is 3. The van der Waals surface area contributed by atoms with Crippen molar-refractivity contribution in [2.24, 2.45) is 5.73 Å². The molecule has 0 radical (unpaired) electrons. The summed E-state index contributed by atoms with van der Waals surface area (Å²) in [6.45, 7) is 3.44. The molecule has 2 nitrogen and oxygen atoms in total. The Labute approximate surface area is 83.4 Å². The topological polar surface area (TPSA) is 29.3 Å². The highest BCUT2D eigenvalue weighted by molar-refractivity contribution is 7.07. The Morgan fingerprint density at radius 2 is 2.54 bits per heavy atom. The van der Waals surface area contributed by atoms with Crippen molar-refractivity contribution in [3.8, 4) is 0 Å². The van der Waals surface area contributed by atoms with Crippen molar-refractivity contribution >= 4 is 11.3 Å². The monoisotopic (exact) mass is 196 g/mol. The smallest absolute Gasteiger partial charge is 0.0180 e. The molecule has 3 heteroatoms. The molecule has 72 valence electrons. The molecule has 1 atom stereocenters. The highest BCUT2D eigenvalue weighted by atomic mass is 32.1. The van der Waals surface area contributed by atoms with Gasteiger partial charge >= 0.3 is 0 Å². The minimum Gasteiger partial charge on any atom is -0.326 e. The molecular formula is C10H16N2S. The average Bonchev–Trinajstić information content (AvgIpc) is 2.71. The van der Waals surface area contributed by atoms with E-state index in [4.69, 9.17) is 5.73 Å². The van der Waals surface area contributed by atoms with Crippen LogP contribution in [0.4, 0.5) is 0 Å². The van der Waals surface area contributed by atoms with Gasteiger partial charge in [-0.05, 0) is 41.8 Å². The van der Waals surface area contributed by atoms with Crippen LogP contribution in [0.25, 0.3) is 0 Å². The first kappa shape index (κ1) is 9.19. The van der Waals surface area contributed by atoms with Crippen LogP contribution in [0.5, 0.6) is 0 Å². The molecule has 2 rings (SSSR count). The van der Waals surface area contributed by atoms with E-state index in [1.165, 1.54) is 31.5 Å². The molecule has 0 aliphatic carbocycles. The van der Waals surface area contributed by atoms with Crippen molar-refractivity contribution in [3.05, 3.63) is 22.4 Å². The van der Waals surface area contributed by atoms with Gasteiger partial charge in [-0.2, -0.15) is 11.3 Å². The summed E-state index contributed by atoms with van der Waals surface area (Å²) >= 11 is 1.78. The van der Waals surface area contributed by atoms with E-state index in [9.17, 15) is 0 Å². The zero-order chi connectivity index (χ0) is 9.10. The summed E-state index contributed by atoms with van der Waals surface area (Å²) in [5, 5.41) is 4.38. The van der Waals surface area contributed by atoms with Gasteiger partial charge in [0, 0.05) is 19.1 Å². The Balaban J connectivity index is 1.74. The van der Waals surface area contributed by atoms with Crippen LogP contribution in [0.2, 0.25) is 0 Å². The molecule has 1 aromatic heterocycles. The molecule has 1 aliphatic heterocycles. The summed E-state index contributed by atoms with van der Waals surface area (Å²) in [5.74, 6) is 0. The lowest BCUT2D eigenvalue weighted by Gasteiger charge is -2.13. The molecule has 1 aromatic rings. The van der Waals surface area contributed by atoms with Crippen LogP contribution in [-0.4, -0.2) is 30.6 Å². The lowest BCUT2D eigenvalue weighted by Crippen LogP contribution is -2.28. The van der Waals surface area contributed by atoms with E-state index in [-0.39, 0.29) is 0 Å². The van der Waals surface area contributed by atoms with E-state index in [1.54, 1.807) is 11.3 Å². The van der Waals surface area contributed by atoms with Gasteiger partial charge in [0.25, 0.3) is 0 Å². The van der Waals surface area contributed by atoms with Crippen molar-refractivity contribution in [2.75, 3.05) is 19.6 Å².